The monoisotopic (exact) mass is 419 g/mol. The lowest BCUT2D eigenvalue weighted by Gasteiger charge is -2.12. The van der Waals surface area contributed by atoms with Gasteiger partial charge in [0.2, 0.25) is 0 Å². The van der Waals surface area contributed by atoms with Crippen LogP contribution in [0.4, 0.5) is 9.18 Å². The summed E-state index contributed by atoms with van der Waals surface area (Å²) < 4.78 is 21.5. The molecule has 1 fully saturated rings. The van der Waals surface area contributed by atoms with Gasteiger partial charge in [-0.15, -0.1) is 0 Å². The molecule has 0 spiro atoms. The molecule has 0 bridgehead atoms. The molecule has 2 aromatic carbocycles. The third-order valence-electron chi connectivity index (χ3n) is 5.30. The molecule has 2 heterocycles. The van der Waals surface area contributed by atoms with E-state index in [4.69, 9.17) is 4.74 Å². The van der Waals surface area contributed by atoms with E-state index in [1.54, 1.807) is 24.3 Å². The van der Waals surface area contributed by atoms with E-state index in [9.17, 15) is 14.0 Å². The Hall–Kier alpha value is -3.87. The van der Waals surface area contributed by atoms with E-state index in [0.717, 1.165) is 27.5 Å². The smallest absolute Gasteiger partial charge is 0.328 e. The normalized spacial score (nSPS) is 15.0. The van der Waals surface area contributed by atoms with Gasteiger partial charge in [0.15, 0.2) is 0 Å². The molecule has 158 valence electrons. The van der Waals surface area contributed by atoms with E-state index in [1.807, 2.05) is 44.2 Å². The Morgan fingerprint density at radius 1 is 1.06 bits per heavy atom. The topological polar surface area (TPSA) is 63.6 Å². The van der Waals surface area contributed by atoms with Crippen molar-refractivity contribution >= 4 is 18.0 Å². The Morgan fingerprint density at radius 3 is 2.42 bits per heavy atom. The molecule has 6 nitrogen and oxygen atoms in total. The second kappa shape index (κ2) is 8.10. The van der Waals surface area contributed by atoms with E-state index >= 15 is 0 Å². The number of hydrogen-bond donors (Lipinski definition) is 1. The number of likely N-dealkylation sites (N-methyl/N-ethyl adjacent to an activating group) is 1. The first kappa shape index (κ1) is 20.4. The minimum atomic E-state index is -0.434. The number of benzene rings is 2. The minimum absolute atomic E-state index is 0.152. The number of hydrogen-bond acceptors (Lipinski definition) is 3. The van der Waals surface area contributed by atoms with Gasteiger partial charge in [-0.1, -0.05) is 18.2 Å². The summed E-state index contributed by atoms with van der Waals surface area (Å²) in [7, 11) is 1.44. The Labute approximate surface area is 179 Å². The summed E-state index contributed by atoms with van der Waals surface area (Å²) >= 11 is 0. The molecular weight excluding hydrogens is 397 g/mol. The lowest BCUT2D eigenvalue weighted by atomic mass is 10.2. The maximum Gasteiger partial charge on any atom is 0.328 e. The molecule has 3 amide bonds. The molecule has 1 aliphatic rings. The number of nitrogens with one attached hydrogen (secondary N) is 1. The largest absolute Gasteiger partial charge is 0.489 e. The summed E-state index contributed by atoms with van der Waals surface area (Å²) in [5.74, 6) is -0.00671. The highest BCUT2D eigenvalue weighted by Crippen LogP contribution is 2.25. The number of imide groups is 1. The van der Waals surface area contributed by atoms with E-state index < -0.39 is 6.03 Å². The molecular formula is C24H22FN3O3. The number of carbonyl (C=O) groups excluding carboxylic acids is 2. The van der Waals surface area contributed by atoms with Crippen LogP contribution in [-0.2, 0) is 11.4 Å². The lowest BCUT2D eigenvalue weighted by Crippen LogP contribution is -2.25. The van der Waals surface area contributed by atoms with Crippen molar-refractivity contribution in [2.24, 2.45) is 0 Å². The molecule has 0 atom stereocenters. The van der Waals surface area contributed by atoms with E-state index in [-0.39, 0.29) is 24.0 Å². The first-order chi connectivity index (χ1) is 14.8. The second-order valence-corrected chi connectivity index (χ2v) is 7.39. The van der Waals surface area contributed by atoms with Crippen LogP contribution in [0.5, 0.6) is 5.75 Å². The molecule has 1 aliphatic heterocycles. The van der Waals surface area contributed by atoms with Crippen LogP contribution in [0.3, 0.4) is 0 Å². The number of aryl methyl sites for hydroxylation is 1. The van der Waals surface area contributed by atoms with Gasteiger partial charge < -0.3 is 14.6 Å². The average Bonchev–Trinajstić information content (AvgIpc) is 3.17. The third kappa shape index (κ3) is 3.94. The summed E-state index contributed by atoms with van der Waals surface area (Å²) in [5.41, 5.74) is 4.44. The number of aromatic nitrogens is 1. The standard InChI is InChI=1S/C24H22FN3O3/c1-15-12-18(13-22-23(29)27(3)24(30)26-22)16(2)28(15)19-8-10-20(11-9-19)31-14-17-6-4-5-7-21(17)25/h4-13H,14H2,1-3H3,(H,26,30)/b22-13+. The fourth-order valence-corrected chi connectivity index (χ4v) is 3.58. The molecule has 4 rings (SSSR count). The molecule has 1 aromatic heterocycles. The zero-order valence-corrected chi connectivity index (χ0v) is 17.5. The first-order valence-corrected chi connectivity index (χ1v) is 9.81. The lowest BCUT2D eigenvalue weighted by molar-refractivity contribution is -0.121. The summed E-state index contributed by atoms with van der Waals surface area (Å²) in [5, 5.41) is 2.58. The molecule has 0 aliphatic carbocycles. The fraction of sp³-hybridized carbons (Fsp3) is 0.167. The molecule has 0 saturated carbocycles. The number of halogens is 1. The van der Waals surface area contributed by atoms with Crippen molar-refractivity contribution in [3.05, 3.63) is 88.6 Å². The van der Waals surface area contributed by atoms with E-state index in [1.165, 1.54) is 13.1 Å². The predicted octanol–water partition coefficient (Wildman–Crippen LogP) is 4.33. The summed E-state index contributed by atoms with van der Waals surface area (Å²) in [6.07, 6.45) is 1.69. The van der Waals surface area contributed by atoms with Gasteiger partial charge in [0.05, 0.1) is 0 Å². The van der Waals surface area contributed by atoms with Gasteiger partial charge in [-0.2, -0.15) is 0 Å². The predicted molar refractivity (Wildman–Crippen MR) is 115 cm³/mol. The van der Waals surface area contributed by atoms with Crippen LogP contribution in [-0.4, -0.2) is 28.5 Å². The number of rotatable bonds is 5. The number of nitrogens with zero attached hydrogens (tertiary/aromatic N) is 2. The van der Waals surface area contributed by atoms with Gasteiger partial charge >= 0.3 is 6.03 Å². The van der Waals surface area contributed by atoms with E-state index in [2.05, 4.69) is 9.88 Å². The maximum absolute atomic E-state index is 13.7. The SMILES string of the molecule is Cc1cc(/C=C2/NC(=O)N(C)C2=O)c(C)n1-c1ccc(OCc2ccccc2F)cc1. The summed E-state index contributed by atoms with van der Waals surface area (Å²) in [4.78, 5) is 24.9. The van der Waals surface area contributed by atoms with Crippen LogP contribution >= 0.6 is 0 Å². The first-order valence-electron chi connectivity index (χ1n) is 9.81. The van der Waals surface area contributed by atoms with Gasteiger partial charge in [-0.25, -0.2) is 9.18 Å². The van der Waals surface area contributed by atoms with Crippen LogP contribution < -0.4 is 10.1 Å². The van der Waals surface area contributed by atoms with Crippen molar-refractivity contribution in [2.45, 2.75) is 20.5 Å². The van der Waals surface area contributed by atoms with Crippen LogP contribution in [0.15, 0.2) is 60.3 Å². The molecule has 0 unspecified atom stereocenters. The van der Waals surface area contributed by atoms with Crippen molar-refractivity contribution in [2.75, 3.05) is 7.05 Å². The van der Waals surface area contributed by atoms with Gasteiger partial charge in [0.25, 0.3) is 5.91 Å². The van der Waals surface area contributed by atoms with Gasteiger partial charge in [0.1, 0.15) is 23.9 Å². The number of urea groups is 1. The summed E-state index contributed by atoms with van der Waals surface area (Å²) in [6, 6.07) is 15.6. The van der Waals surface area contributed by atoms with Crippen molar-refractivity contribution in [3.8, 4) is 11.4 Å². The van der Waals surface area contributed by atoms with Crippen molar-refractivity contribution in [1.82, 2.24) is 14.8 Å². The quantitative estimate of drug-likeness (QED) is 0.494. The Kier molecular flexibility index (Phi) is 5.33. The number of amides is 3. The number of ether oxygens (including phenoxy) is 1. The highest BCUT2D eigenvalue weighted by molar-refractivity contribution is 6.13. The zero-order valence-electron chi connectivity index (χ0n) is 17.5. The highest BCUT2D eigenvalue weighted by atomic mass is 19.1. The maximum atomic E-state index is 13.7. The van der Waals surface area contributed by atoms with Crippen LogP contribution in [0.25, 0.3) is 11.8 Å². The molecule has 0 radical (unpaired) electrons. The zero-order chi connectivity index (χ0) is 22.1. The second-order valence-electron chi connectivity index (χ2n) is 7.39. The average molecular weight is 419 g/mol. The molecule has 31 heavy (non-hydrogen) atoms. The molecule has 1 saturated heterocycles. The highest BCUT2D eigenvalue weighted by Gasteiger charge is 2.30. The number of carbonyl (C=O) groups is 2. The summed E-state index contributed by atoms with van der Waals surface area (Å²) in [6.45, 7) is 4.07. The van der Waals surface area contributed by atoms with Crippen molar-refractivity contribution in [1.29, 1.82) is 0 Å². The minimum Gasteiger partial charge on any atom is -0.489 e. The molecule has 7 heteroatoms. The van der Waals surface area contributed by atoms with Crippen molar-refractivity contribution < 1.29 is 18.7 Å². The Balaban J connectivity index is 1.54. The van der Waals surface area contributed by atoms with Crippen LogP contribution in [0.2, 0.25) is 0 Å². The Morgan fingerprint density at radius 2 is 1.77 bits per heavy atom. The van der Waals surface area contributed by atoms with Gasteiger partial charge in [-0.3, -0.25) is 9.69 Å². The van der Waals surface area contributed by atoms with Gasteiger partial charge in [0, 0.05) is 29.7 Å². The van der Waals surface area contributed by atoms with Gasteiger partial charge in [-0.05, 0) is 61.9 Å². The molecule has 1 N–H and O–H groups in total. The Bertz CT molecular complexity index is 1200. The van der Waals surface area contributed by atoms with Crippen LogP contribution in [0.1, 0.15) is 22.5 Å². The molecule has 3 aromatic rings. The van der Waals surface area contributed by atoms with Crippen molar-refractivity contribution in [3.63, 3.8) is 0 Å². The van der Waals surface area contributed by atoms with E-state index in [0.29, 0.717) is 11.3 Å². The third-order valence-corrected chi connectivity index (χ3v) is 5.30. The van der Waals surface area contributed by atoms with Crippen LogP contribution in [0, 0.1) is 19.7 Å². The fourth-order valence-electron chi connectivity index (χ4n) is 3.58.